The average molecular weight is 493 g/mol. The van der Waals surface area contributed by atoms with E-state index in [0.717, 1.165) is 53.8 Å². The molecule has 9 atom stereocenters. The normalized spacial score (nSPS) is 40.0. The molecule has 0 aromatic heterocycles. The van der Waals surface area contributed by atoms with Crippen molar-refractivity contribution in [3.8, 4) is 0 Å². The molecule has 36 heavy (non-hydrogen) atoms. The van der Waals surface area contributed by atoms with Crippen molar-refractivity contribution in [2.24, 2.45) is 58.2 Å². The van der Waals surface area contributed by atoms with Crippen molar-refractivity contribution >= 4 is 0 Å². The quantitative estimate of drug-likeness (QED) is 0.281. The minimum atomic E-state index is 0.194. The van der Waals surface area contributed by atoms with Gasteiger partial charge in [-0.2, -0.15) is 0 Å². The van der Waals surface area contributed by atoms with Gasteiger partial charge in [0.1, 0.15) is 0 Å². The van der Waals surface area contributed by atoms with Crippen LogP contribution >= 0.6 is 0 Å². The number of allylic oxidation sites excluding steroid dienone is 5. The van der Waals surface area contributed by atoms with E-state index in [1.165, 1.54) is 49.7 Å². The topological polar surface area (TPSA) is 0 Å². The lowest BCUT2D eigenvalue weighted by molar-refractivity contribution is -0.0740. The van der Waals surface area contributed by atoms with Crippen molar-refractivity contribution in [1.29, 1.82) is 0 Å². The van der Waals surface area contributed by atoms with Crippen LogP contribution in [0, 0.1) is 58.2 Å². The second-order valence-electron chi connectivity index (χ2n) is 14.8. The minimum absolute atomic E-state index is 0.194. The van der Waals surface area contributed by atoms with Crippen LogP contribution in [0.1, 0.15) is 132 Å². The van der Waals surface area contributed by atoms with Gasteiger partial charge in [-0.3, -0.25) is 0 Å². The predicted molar refractivity (Wildman–Crippen MR) is 159 cm³/mol. The molecule has 204 valence electrons. The van der Waals surface area contributed by atoms with Crippen molar-refractivity contribution < 1.29 is 0 Å². The average Bonchev–Trinajstić information content (AvgIpc) is 3.23. The summed E-state index contributed by atoms with van der Waals surface area (Å²) in [6.07, 6.45) is 26.2. The Bertz CT molecular complexity index is 810. The summed E-state index contributed by atoms with van der Waals surface area (Å²) in [6.45, 7) is 21.2. The maximum Gasteiger partial charge on any atom is -0.0112 e. The zero-order chi connectivity index (χ0) is 26.1. The Morgan fingerprint density at radius 2 is 1.72 bits per heavy atom. The molecule has 0 radical (unpaired) electrons. The minimum Gasteiger partial charge on any atom is -0.0953 e. The maximum atomic E-state index is 4.39. The van der Waals surface area contributed by atoms with E-state index in [9.17, 15) is 0 Å². The molecule has 0 saturated heterocycles. The van der Waals surface area contributed by atoms with Gasteiger partial charge in [0.25, 0.3) is 0 Å². The smallest absolute Gasteiger partial charge is 0.0112 e. The predicted octanol–water partition coefficient (Wildman–Crippen LogP) is 11.2. The molecule has 0 nitrogen and oxygen atoms in total. The highest BCUT2D eigenvalue weighted by Gasteiger charge is 2.57. The SMILES string of the molecule is C=C(/C=C\C(=C/C)CC(C)C1CCC2C3CCC4CC(CCC)CCC4C3CCC12C)C(C)(C)CC. The van der Waals surface area contributed by atoms with E-state index < -0.39 is 0 Å². The molecular weight excluding hydrogens is 432 g/mol. The Kier molecular flexibility index (Phi) is 9.05. The van der Waals surface area contributed by atoms with E-state index in [4.69, 9.17) is 0 Å². The Hall–Kier alpha value is -0.780. The fourth-order valence-electron chi connectivity index (χ4n) is 10.1. The van der Waals surface area contributed by atoms with E-state index in [1.807, 2.05) is 0 Å². The van der Waals surface area contributed by atoms with Gasteiger partial charge in [0.2, 0.25) is 0 Å². The Labute approximate surface area is 225 Å². The fourth-order valence-corrected chi connectivity index (χ4v) is 10.1. The van der Waals surface area contributed by atoms with Crippen molar-refractivity contribution in [2.75, 3.05) is 0 Å². The third-order valence-corrected chi connectivity index (χ3v) is 12.7. The molecule has 4 saturated carbocycles. The molecule has 9 unspecified atom stereocenters. The number of rotatable bonds is 9. The van der Waals surface area contributed by atoms with E-state index >= 15 is 0 Å². The Morgan fingerprint density at radius 1 is 0.972 bits per heavy atom. The third-order valence-electron chi connectivity index (χ3n) is 12.7. The molecule has 0 aromatic carbocycles. The van der Waals surface area contributed by atoms with Crippen molar-refractivity contribution in [3.05, 3.63) is 36.0 Å². The van der Waals surface area contributed by atoms with Gasteiger partial charge in [-0.1, -0.05) is 91.2 Å². The number of hydrogen-bond donors (Lipinski definition) is 0. The van der Waals surface area contributed by atoms with E-state index in [0.29, 0.717) is 5.41 Å². The molecule has 0 bridgehead atoms. The largest absolute Gasteiger partial charge is 0.0953 e. The monoisotopic (exact) mass is 492 g/mol. The Balaban J connectivity index is 1.39. The summed E-state index contributed by atoms with van der Waals surface area (Å²) < 4.78 is 0. The van der Waals surface area contributed by atoms with Gasteiger partial charge in [-0.25, -0.2) is 0 Å². The summed E-state index contributed by atoms with van der Waals surface area (Å²) in [5, 5.41) is 0. The maximum absolute atomic E-state index is 4.39. The summed E-state index contributed by atoms with van der Waals surface area (Å²) in [6, 6.07) is 0. The molecular formula is C36H60. The third kappa shape index (κ3) is 5.50. The second-order valence-corrected chi connectivity index (χ2v) is 14.8. The first-order chi connectivity index (χ1) is 17.1. The second kappa shape index (κ2) is 11.5. The zero-order valence-electron chi connectivity index (χ0n) is 25.3. The highest BCUT2D eigenvalue weighted by atomic mass is 14.6. The van der Waals surface area contributed by atoms with E-state index in [1.54, 1.807) is 38.5 Å². The van der Waals surface area contributed by atoms with Crippen LogP contribution in [0.5, 0.6) is 0 Å². The molecule has 0 heteroatoms. The molecule has 4 fully saturated rings. The summed E-state index contributed by atoms with van der Waals surface area (Å²) in [5.74, 6) is 8.02. The zero-order valence-corrected chi connectivity index (χ0v) is 25.3. The molecule has 0 amide bonds. The number of hydrogen-bond acceptors (Lipinski definition) is 0. The molecule has 4 aliphatic rings. The standard InChI is InChI=1S/C36H60/c1-9-12-28-15-17-30-29(24-28)16-18-32-31(30)21-22-36(8)33(19-20-34(32)36)25(4)23-27(10-2)14-13-26(5)35(6,7)11-3/h10,13-14,25,28-34H,5,9,11-12,15-24H2,1-4,6-8H3/b14-13-,27-10+. The van der Waals surface area contributed by atoms with Crippen LogP contribution in [0.15, 0.2) is 36.0 Å². The van der Waals surface area contributed by atoms with Gasteiger partial charge in [-0.05, 0) is 135 Å². The first-order valence-corrected chi connectivity index (χ1v) is 16.2. The van der Waals surface area contributed by atoms with Gasteiger partial charge in [0.15, 0.2) is 0 Å². The van der Waals surface area contributed by atoms with E-state index in [2.05, 4.69) is 73.3 Å². The van der Waals surface area contributed by atoms with Crippen LogP contribution in [0.2, 0.25) is 0 Å². The highest BCUT2D eigenvalue weighted by molar-refractivity contribution is 5.29. The van der Waals surface area contributed by atoms with Gasteiger partial charge < -0.3 is 0 Å². The summed E-state index contributed by atoms with van der Waals surface area (Å²) >= 11 is 0. The lowest BCUT2D eigenvalue weighted by Gasteiger charge is -2.57. The molecule has 4 rings (SSSR count). The molecule has 0 spiro atoms. The van der Waals surface area contributed by atoms with E-state index in [-0.39, 0.29) is 5.41 Å². The van der Waals surface area contributed by atoms with Crippen molar-refractivity contribution in [3.63, 3.8) is 0 Å². The summed E-state index contributed by atoms with van der Waals surface area (Å²) in [4.78, 5) is 0. The van der Waals surface area contributed by atoms with Gasteiger partial charge in [-0.15, -0.1) is 0 Å². The van der Waals surface area contributed by atoms with Crippen LogP contribution in [0.3, 0.4) is 0 Å². The van der Waals surface area contributed by atoms with Crippen LogP contribution in [0.25, 0.3) is 0 Å². The number of fused-ring (bicyclic) bond motifs is 5. The van der Waals surface area contributed by atoms with Gasteiger partial charge >= 0.3 is 0 Å². The molecule has 4 aliphatic carbocycles. The van der Waals surface area contributed by atoms with Crippen molar-refractivity contribution in [2.45, 2.75) is 132 Å². The van der Waals surface area contributed by atoms with Crippen LogP contribution in [-0.2, 0) is 0 Å². The lowest BCUT2D eigenvalue weighted by atomic mass is 9.48. The molecule has 0 aromatic rings. The first-order valence-electron chi connectivity index (χ1n) is 16.2. The van der Waals surface area contributed by atoms with Crippen LogP contribution in [-0.4, -0.2) is 0 Å². The highest BCUT2D eigenvalue weighted by Crippen LogP contribution is 2.66. The van der Waals surface area contributed by atoms with Crippen LogP contribution in [0.4, 0.5) is 0 Å². The summed E-state index contributed by atoms with van der Waals surface area (Å²) in [5.41, 5.74) is 3.56. The first kappa shape index (κ1) is 28.2. The van der Waals surface area contributed by atoms with Gasteiger partial charge in [0, 0.05) is 0 Å². The lowest BCUT2D eigenvalue weighted by Crippen LogP contribution is -2.49. The summed E-state index contributed by atoms with van der Waals surface area (Å²) in [7, 11) is 0. The molecule has 0 N–H and O–H groups in total. The fraction of sp³-hybridized carbons (Fsp3) is 0.833. The molecule has 0 heterocycles. The Morgan fingerprint density at radius 3 is 2.42 bits per heavy atom. The van der Waals surface area contributed by atoms with Crippen LogP contribution < -0.4 is 0 Å². The van der Waals surface area contributed by atoms with Gasteiger partial charge in [0.05, 0.1) is 0 Å². The van der Waals surface area contributed by atoms with Crippen molar-refractivity contribution in [1.82, 2.24) is 0 Å². The molecule has 0 aliphatic heterocycles.